The van der Waals surface area contributed by atoms with Crippen LogP contribution >= 0.6 is 0 Å². The Morgan fingerprint density at radius 3 is 2.73 bits per heavy atom. The highest BCUT2D eigenvalue weighted by Crippen LogP contribution is 2.27. The highest BCUT2D eigenvalue weighted by atomic mass is 16.5. The lowest BCUT2D eigenvalue weighted by Gasteiger charge is -2.00. The summed E-state index contributed by atoms with van der Waals surface area (Å²) in [6.07, 6.45) is 6.66. The van der Waals surface area contributed by atoms with Crippen molar-refractivity contribution in [2.45, 2.75) is 6.92 Å². The summed E-state index contributed by atoms with van der Waals surface area (Å²) in [5.74, 6) is 0.751. The molecule has 0 aliphatic carbocycles. The normalized spacial score (nSPS) is 11.2. The van der Waals surface area contributed by atoms with Gasteiger partial charge in [-0.05, 0) is 49.4 Å². The van der Waals surface area contributed by atoms with Crippen molar-refractivity contribution in [1.29, 1.82) is 0 Å². The first-order valence-corrected chi connectivity index (χ1v) is 6.98. The zero-order valence-corrected chi connectivity index (χ0v) is 12.5. The Morgan fingerprint density at radius 2 is 2.00 bits per heavy atom. The fourth-order valence-electron chi connectivity index (χ4n) is 2.44. The zero-order valence-electron chi connectivity index (χ0n) is 12.5. The monoisotopic (exact) mass is 292 g/mol. The van der Waals surface area contributed by atoms with Crippen molar-refractivity contribution < 1.29 is 9.53 Å². The van der Waals surface area contributed by atoms with Gasteiger partial charge in [-0.2, -0.15) is 0 Å². The lowest BCUT2D eigenvalue weighted by atomic mass is 10.1. The number of fused-ring (bicyclic) bond motifs is 1. The molecule has 0 unspecified atom stereocenters. The van der Waals surface area contributed by atoms with Crippen molar-refractivity contribution in [3.05, 3.63) is 65.6 Å². The first-order chi connectivity index (χ1) is 10.7. The highest BCUT2D eigenvalue weighted by molar-refractivity contribution is 6.08. The van der Waals surface area contributed by atoms with Crippen LogP contribution in [0.4, 0.5) is 0 Å². The van der Waals surface area contributed by atoms with Gasteiger partial charge < -0.3 is 9.72 Å². The number of H-pyrrole nitrogens is 1. The second-order valence-corrected chi connectivity index (χ2v) is 5.01. The molecule has 3 rings (SSSR count). The SMILES string of the molecule is COc1ccc2[nH]c(C)c(/C=C/C(=O)c3ccncc3)c2c1. The number of rotatable bonds is 4. The van der Waals surface area contributed by atoms with Gasteiger partial charge >= 0.3 is 0 Å². The third kappa shape index (κ3) is 2.63. The molecule has 0 aliphatic rings. The van der Waals surface area contributed by atoms with E-state index >= 15 is 0 Å². The number of carbonyl (C=O) groups is 1. The third-order valence-electron chi connectivity index (χ3n) is 3.61. The Labute approximate surface area is 128 Å². The Kier molecular flexibility index (Phi) is 3.74. The zero-order chi connectivity index (χ0) is 15.5. The molecule has 0 amide bonds. The lowest BCUT2D eigenvalue weighted by molar-refractivity contribution is 0.104. The minimum atomic E-state index is -0.0425. The van der Waals surface area contributed by atoms with Gasteiger partial charge in [0.05, 0.1) is 7.11 Å². The van der Waals surface area contributed by atoms with Gasteiger partial charge in [-0.1, -0.05) is 0 Å². The largest absolute Gasteiger partial charge is 0.497 e. The van der Waals surface area contributed by atoms with E-state index in [2.05, 4.69) is 9.97 Å². The van der Waals surface area contributed by atoms with Crippen molar-refractivity contribution in [2.75, 3.05) is 7.11 Å². The smallest absolute Gasteiger partial charge is 0.185 e. The summed E-state index contributed by atoms with van der Waals surface area (Å²) in [4.78, 5) is 19.4. The summed E-state index contributed by atoms with van der Waals surface area (Å²) in [5.41, 5.74) is 3.66. The molecule has 2 heterocycles. The Balaban J connectivity index is 1.98. The van der Waals surface area contributed by atoms with Crippen LogP contribution in [-0.2, 0) is 0 Å². The summed E-state index contributed by atoms with van der Waals surface area (Å²) in [6.45, 7) is 1.99. The van der Waals surface area contributed by atoms with Gasteiger partial charge in [0.1, 0.15) is 5.75 Å². The van der Waals surface area contributed by atoms with Crippen LogP contribution in [0.3, 0.4) is 0 Å². The predicted octanol–water partition coefficient (Wildman–Crippen LogP) is 3.78. The van der Waals surface area contributed by atoms with Crippen LogP contribution in [0.15, 0.2) is 48.8 Å². The fourth-order valence-corrected chi connectivity index (χ4v) is 2.44. The first kappa shape index (κ1) is 14.1. The number of aromatic nitrogens is 2. The maximum absolute atomic E-state index is 12.2. The molecule has 1 N–H and O–H groups in total. The van der Waals surface area contributed by atoms with E-state index in [0.717, 1.165) is 27.9 Å². The summed E-state index contributed by atoms with van der Waals surface area (Å²) >= 11 is 0. The molecular formula is C18H16N2O2. The molecule has 0 spiro atoms. The molecule has 22 heavy (non-hydrogen) atoms. The molecule has 1 aromatic carbocycles. The number of nitrogens with one attached hydrogen (secondary N) is 1. The maximum Gasteiger partial charge on any atom is 0.185 e. The topological polar surface area (TPSA) is 55.0 Å². The number of aryl methyl sites for hydroxylation is 1. The van der Waals surface area contributed by atoms with Crippen molar-refractivity contribution in [2.24, 2.45) is 0 Å². The van der Waals surface area contributed by atoms with E-state index in [1.165, 1.54) is 0 Å². The van der Waals surface area contributed by atoms with E-state index < -0.39 is 0 Å². The molecule has 2 aromatic heterocycles. The van der Waals surface area contributed by atoms with E-state index in [-0.39, 0.29) is 5.78 Å². The van der Waals surface area contributed by atoms with Crippen LogP contribution in [0.25, 0.3) is 17.0 Å². The van der Waals surface area contributed by atoms with Gasteiger partial charge in [0.15, 0.2) is 5.78 Å². The molecule has 0 saturated heterocycles. The van der Waals surface area contributed by atoms with Gasteiger partial charge in [-0.25, -0.2) is 0 Å². The number of aromatic amines is 1. The Morgan fingerprint density at radius 1 is 1.23 bits per heavy atom. The van der Waals surface area contributed by atoms with Gasteiger partial charge in [-0.3, -0.25) is 9.78 Å². The molecule has 110 valence electrons. The average Bonchev–Trinajstić information content (AvgIpc) is 2.87. The van der Waals surface area contributed by atoms with E-state index in [1.54, 1.807) is 37.7 Å². The number of allylic oxidation sites excluding steroid dienone is 1. The van der Waals surface area contributed by atoms with Crippen LogP contribution in [0.1, 0.15) is 21.6 Å². The molecule has 0 saturated carbocycles. The highest BCUT2D eigenvalue weighted by Gasteiger charge is 2.08. The molecule has 4 nitrogen and oxygen atoms in total. The lowest BCUT2D eigenvalue weighted by Crippen LogP contribution is -1.93. The van der Waals surface area contributed by atoms with Gasteiger partial charge in [-0.15, -0.1) is 0 Å². The number of methoxy groups -OCH3 is 1. The number of hydrogen-bond acceptors (Lipinski definition) is 3. The number of pyridine rings is 1. The summed E-state index contributed by atoms with van der Waals surface area (Å²) < 4.78 is 5.27. The van der Waals surface area contributed by atoms with Crippen LogP contribution in [-0.4, -0.2) is 22.9 Å². The van der Waals surface area contributed by atoms with Crippen molar-refractivity contribution in [3.63, 3.8) is 0 Å². The second kappa shape index (κ2) is 5.85. The minimum Gasteiger partial charge on any atom is -0.497 e. The molecule has 4 heteroatoms. The van der Waals surface area contributed by atoms with Crippen molar-refractivity contribution in [1.82, 2.24) is 9.97 Å². The molecule has 0 aliphatic heterocycles. The van der Waals surface area contributed by atoms with Crippen LogP contribution in [0, 0.1) is 6.92 Å². The number of hydrogen-bond donors (Lipinski definition) is 1. The minimum absolute atomic E-state index is 0.0425. The third-order valence-corrected chi connectivity index (χ3v) is 3.61. The fraction of sp³-hybridized carbons (Fsp3) is 0.111. The Hall–Kier alpha value is -2.88. The van der Waals surface area contributed by atoms with Gasteiger partial charge in [0.2, 0.25) is 0 Å². The number of benzene rings is 1. The average molecular weight is 292 g/mol. The molecule has 3 aromatic rings. The second-order valence-electron chi connectivity index (χ2n) is 5.01. The standard InChI is InChI=1S/C18H16N2O2/c1-12-15(4-6-18(21)13-7-9-19-10-8-13)16-11-14(22-2)3-5-17(16)20-12/h3-11,20H,1-2H3/b6-4+. The van der Waals surface area contributed by atoms with Crippen molar-refractivity contribution in [3.8, 4) is 5.75 Å². The van der Waals surface area contributed by atoms with Crippen LogP contribution in [0.5, 0.6) is 5.75 Å². The van der Waals surface area contributed by atoms with E-state index in [9.17, 15) is 4.79 Å². The number of ketones is 1. The predicted molar refractivity (Wildman–Crippen MR) is 87.2 cm³/mol. The summed E-state index contributed by atoms with van der Waals surface area (Å²) in [6, 6.07) is 9.27. The van der Waals surface area contributed by atoms with Crippen LogP contribution < -0.4 is 4.74 Å². The Bertz CT molecular complexity index is 848. The van der Waals surface area contributed by atoms with Crippen molar-refractivity contribution >= 4 is 22.8 Å². The number of ether oxygens (including phenoxy) is 1. The quantitative estimate of drug-likeness (QED) is 0.588. The van der Waals surface area contributed by atoms with Gasteiger partial charge in [0.25, 0.3) is 0 Å². The van der Waals surface area contributed by atoms with Gasteiger partial charge in [0, 0.05) is 40.1 Å². The first-order valence-electron chi connectivity index (χ1n) is 6.98. The molecule has 0 radical (unpaired) electrons. The number of carbonyl (C=O) groups excluding carboxylic acids is 1. The van der Waals surface area contributed by atoms with E-state index in [4.69, 9.17) is 4.74 Å². The maximum atomic E-state index is 12.2. The summed E-state index contributed by atoms with van der Waals surface area (Å²) in [7, 11) is 1.64. The number of nitrogens with zero attached hydrogens (tertiary/aromatic N) is 1. The van der Waals surface area contributed by atoms with E-state index in [1.807, 2.05) is 31.2 Å². The molecular weight excluding hydrogens is 276 g/mol. The van der Waals surface area contributed by atoms with Crippen LogP contribution in [0.2, 0.25) is 0 Å². The molecule has 0 fully saturated rings. The summed E-state index contributed by atoms with van der Waals surface area (Å²) in [5, 5.41) is 1.04. The molecule has 0 bridgehead atoms. The molecule has 0 atom stereocenters. The van der Waals surface area contributed by atoms with E-state index in [0.29, 0.717) is 5.56 Å².